The monoisotopic (exact) mass is 477 g/mol. The first-order valence-corrected chi connectivity index (χ1v) is 12.9. The van der Waals surface area contributed by atoms with Crippen molar-refractivity contribution in [1.82, 2.24) is 14.7 Å². The van der Waals surface area contributed by atoms with Crippen molar-refractivity contribution >= 4 is 29.6 Å². The fraction of sp³-hybridized carbons (Fsp3) is 0.708. The maximum absolute atomic E-state index is 13.6. The molecular weight excluding hydrogens is 442 g/mol. The minimum Gasteiger partial charge on any atom is -0.483 e. The van der Waals surface area contributed by atoms with Gasteiger partial charge in [-0.3, -0.25) is 19.3 Å². The highest BCUT2D eigenvalue weighted by molar-refractivity contribution is 7.11. The Morgan fingerprint density at radius 1 is 1.18 bits per heavy atom. The second-order valence-corrected chi connectivity index (χ2v) is 11.0. The van der Waals surface area contributed by atoms with Crippen LogP contribution >= 0.6 is 11.3 Å². The van der Waals surface area contributed by atoms with Gasteiger partial charge >= 0.3 is 0 Å². The standard InChI is InChI=1S/C23H33N3O3S.CH2O2/c1-2-18-6-7-19(30-18)14-24-11-15-10-16(12-24)22(23(29)25-9-8-17(27)13-25)26-20(15)4-3-5-21(26)28;2-1-3/h6-7,15-17,20,22,27H,2-5,8-14H2,1H3;1H,(H,2,3)/t15-,16+,17-,20+,22-;/m1./s1. The van der Waals surface area contributed by atoms with E-state index in [4.69, 9.17) is 9.90 Å². The van der Waals surface area contributed by atoms with Gasteiger partial charge in [0.15, 0.2) is 0 Å². The highest BCUT2D eigenvalue weighted by Gasteiger charge is 2.53. The van der Waals surface area contributed by atoms with Crippen molar-refractivity contribution in [3.05, 3.63) is 21.9 Å². The van der Waals surface area contributed by atoms with Gasteiger partial charge in [0.2, 0.25) is 11.8 Å². The van der Waals surface area contributed by atoms with E-state index in [-0.39, 0.29) is 36.3 Å². The minimum absolute atomic E-state index is 0.0708. The first-order chi connectivity index (χ1) is 15.9. The van der Waals surface area contributed by atoms with E-state index >= 15 is 0 Å². The van der Waals surface area contributed by atoms with Gasteiger partial charge in [-0.05, 0) is 50.2 Å². The third-order valence-corrected chi connectivity index (χ3v) is 8.80. The summed E-state index contributed by atoms with van der Waals surface area (Å²) >= 11 is 1.90. The number of hydrogen-bond acceptors (Lipinski definition) is 6. The second kappa shape index (κ2) is 10.5. The molecule has 5 atom stereocenters. The van der Waals surface area contributed by atoms with Crippen LogP contribution in [0, 0.1) is 11.8 Å². The minimum atomic E-state index is -0.424. The molecule has 33 heavy (non-hydrogen) atoms. The molecule has 9 heteroatoms. The van der Waals surface area contributed by atoms with Gasteiger partial charge in [0.25, 0.3) is 6.47 Å². The Balaban J connectivity index is 0.000000821. The van der Waals surface area contributed by atoms with Crippen LogP contribution in [0.3, 0.4) is 0 Å². The average molecular weight is 478 g/mol. The normalized spacial score (nSPS) is 31.6. The van der Waals surface area contributed by atoms with Crippen molar-refractivity contribution in [1.29, 1.82) is 0 Å². The van der Waals surface area contributed by atoms with Crippen LogP contribution in [0.5, 0.6) is 0 Å². The second-order valence-electron chi connectivity index (χ2n) is 9.71. The molecule has 0 aliphatic carbocycles. The van der Waals surface area contributed by atoms with Gasteiger partial charge in [-0.1, -0.05) is 6.92 Å². The molecule has 2 N–H and O–H groups in total. The number of nitrogens with zero attached hydrogens (tertiary/aromatic N) is 3. The summed E-state index contributed by atoms with van der Waals surface area (Å²) in [5.74, 6) is 0.893. The number of fused-ring (bicyclic) bond motifs is 4. The number of rotatable bonds is 4. The van der Waals surface area contributed by atoms with Gasteiger partial charge in [-0.2, -0.15) is 0 Å². The molecule has 1 aromatic heterocycles. The maximum atomic E-state index is 13.6. The summed E-state index contributed by atoms with van der Waals surface area (Å²) in [6.07, 6.45) is 4.87. The number of aryl methyl sites for hydroxylation is 1. The van der Waals surface area contributed by atoms with E-state index in [9.17, 15) is 14.7 Å². The van der Waals surface area contributed by atoms with Crippen LogP contribution in [0.25, 0.3) is 0 Å². The van der Waals surface area contributed by atoms with E-state index < -0.39 is 6.10 Å². The lowest BCUT2D eigenvalue weighted by molar-refractivity contribution is -0.165. The van der Waals surface area contributed by atoms with Crippen molar-refractivity contribution in [2.24, 2.45) is 11.8 Å². The predicted molar refractivity (Wildman–Crippen MR) is 125 cm³/mol. The van der Waals surface area contributed by atoms with E-state index in [2.05, 4.69) is 24.0 Å². The van der Waals surface area contributed by atoms with Crippen molar-refractivity contribution in [2.75, 3.05) is 26.2 Å². The lowest BCUT2D eigenvalue weighted by Gasteiger charge is -2.56. The zero-order chi connectivity index (χ0) is 23.5. The third kappa shape index (κ3) is 5.10. The molecular formula is C24H35N3O5S. The van der Waals surface area contributed by atoms with E-state index in [0.717, 1.165) is 45.3 Å². The molecule has 0 unspecified atom stereocenters. The van der Waals surface area contributed by atoms with Crippen LogP contribution in [0.4, 0.5) is 0 Å². The lowest BCUT2D eigenvalue weighted by atomic mass is 9.71. The van der Waals surface area contributed by atoms with Gasteiger partial charge in [0, 0.05) is 60.9 Å². The topological polar surface area (TPSA) is 101 Å². The van der Waals surface area contributed by atoms with Gasteiger partial charge in [0.05, 0.1) is 6.10 Å². The quantitative estimate of drug-likeness (QED) is 0.642. The van der Waals surface area contributed by atoms with Gasteiger partial charge in [-0.15, -0.1) is 11.3 Å². The zero-order valence-electron chi connectivity index (χ0n) is 19.3. The Kier molecular flexibility index (Phi) is 7.71. The maximum Gasteiger partial charge on any atom is 0.290 e. The molecule has 0 saturated carbocycles. The molecule has 182 valence electrons. The van der Waals surface area contributed by atoms with Crippen LogP contribution in [-0.4, -0.2) is 87.6 Å². The number of aliphatic hydroxyl groups excluding tert-OH is 1. The number of aliphatic hydroxyl groups is 1. The molecule has 0 radical (unpaired) electrons. The smallest absolute Gasteiger partial charge is 0.290 e. The fourth-order valence-corrected chi connectivity index (χ4v) is 7.25. The molecule has 0 aromatic carbocycles. The average Bonchev–Trinajstić information content (AvgIpc) is 3.43. The molecule has 5 heterocycles. The highest BCUT2D eigenvalue weighted by atomic mass is 32.1. The van der Waals surface area contributed by atoms with E-state index in [1.807, 2.05) is 16.2 Å². The van der Waals surface area contributed by atoms with E-state index in [0.29, 0.717) is 31.8 Å². The van der Waals surface area contributed by atoms with Crippen molar-refractivity contribution in [3.8, 4) is 0 Å². The number of thiophene rings is 1. The third-order valence-electron chi connectivity index (χ3n) is 7.59. The highest BCUT2D eigenvalue weighted by Crippen LogP contribution is 2.43. The summed E-state index contributed by atoms with van der Waals surface area (Å²) in [6.45, 7) is 5.81. The summed E-state index contributed by atoms with van der Waals surface area (Å²) in [6, 6.07) is 4.33. The van der Waals surface area contributed by atoms with Crippen molar-refractivity contribution in [2.45, 2.75) is 70.2 Å². The largest absolute Gasteiger partial charge is 0.483 e. The Morgan fingerprint density at radius 2 is 1.91 bits per heavy atom. The summed E-state index contributed by atoms with van der Waals surface area (Å²) in [5, 5.41) is 16.8. The molecule has 4 saturated heterocycles. The first-order valence-electron chi connectivity index (χ1n) is 12.1. The Labute approximate surface area is 199 Å². The first kappa shape index (κ1) is 24.2. The van der Waals surface area contributed by atoms with Crippen molar-refractivity contribution < 1.29 is 24.6 Å². The predicted octanol–water partition coefficient (Wildman–Crippen LogP) is 1.81. The van der Waals surface area contributed by atoms with E-state index in [1.54, 1.807) is 4.90 Å². The zero-order valence-corrected chi connectivity index (χ0v) is 20.1. The Hall–Kier alpha value is -1.97. The summed E-state index contributed by atoms with van der Waals surface area (Å²) in [4.78, 5) is 44.0. The number of carboxylic acid groups (broad SMARTS) is 1. The van der Waals surface area contributed by atoms with Crippen LogP contribution in [-0.2, 0) is 27.3 Å². The molecule has 4 aliphatic heterocycles. The van der Waals surface area contributed by atoms with Gasteiger partial charge in [-0.25, -0.2) is 0 Å². The molecule has 1 aromatic rings. The molecule has 4 aliphatic rings. The molecule has 2 amide bonds. The molecule has 5 rings (SSSR count). The van der Waals surface area contributed by atoms with Crippen LogP contribution in [0.2, 0.25) is 0 Å². The molecule has 0 spiro atoms. The van der Waals surface area contributed by atoms with Crippen LogP contribution < -0.4 is 0 Å². The number of piperidine rings is 3. The SMILES string of the molecule is CCc1ccc(CN2C[C@H]3C[C@@H](C2)[C@H](C(=O)N2CC[C@@H](O)C2)N2C(=O)CCC[C@@H]32)s1.O=CO. The summed E-state index contributed by atoms with van der Waals surface area (Å²) in [7, 11) is 0. The number of hydrogen-bond donors (Lipinski definition) is 2. The Morgan fingerprint density at radius 3 is 2.58 bits per heavy atom. The number of β-amino-alcohol motifs (C(OH)–C–C–N with tert-alkyl or cyclic N) is 1. The number of carbonyl (C=O) groups excluding carboxylic acids is 2. The molecule has 8 nitrogen and oxygen atoms in total. The summed E-state index contributed by atoms with van der Waals surface area (Å²) < 4.78 is 0. The molecule has 4 fully saturated rings. The van der Waals surface area contributed by atoms with Crippen molar-refractivity contribution in [3.63, 3.8) is 0 Å². The number of amides is 2. The van der Waals surface area contributed by atoms with Crippen LogP contribution in [0.1, 0.15) is 48.8 Å². The fourth-order valence-electron chi connectivity index (χ4n) is 6.25. The number of carbonyl (C=O) groups is 3. The summed E-state index contributed by atoms with van der Waals surface area (Å²) in [5.41, 5.74) is 0. The van der Waals surface area contributed by atoms with Crippen LogP contribution in [0.15, 0.2) is 12.1 Å². The lowest BCUT2D eigenvalue weighted by Crippen LogP contribution is -2.68. The molecule has 2 bridgehead atoms. The van der Waals surface area contributed by atoms with Gasteiger partial charge < -0.3 is 20.0 Å². The number of likely N-dealkylation sites (tertiary alicyclic amines) is 2. The van der Waals surface area contributed by atoms with E-state index in [1.165, 1.54) is 9.75 Å². The van der Waals surface area contributed by atoms with Gasteiger partial charge in [0.1, 0.15) is 6.04 Å². The Bertz CT molecular complexity index is 861.